The third kappa shape index (κ3) is 4.47. The second kappa shape index (κ2) is 9.85. The van der Waals surface area contributed by atoms with Crippen LogP contribution in [0.2, 0.25) is 0 Å². The number of halogens is 2. The van der Waals surface area contributed by atoms with E-state index in [1.54, 1.807) is 0 Å². The van der Waals surface area contributed by atoms with Crippen LogP contribution in [0.5, 0.6) is 5.75 Å². The number of hydrogen-bond donors (Lipinski definition) is 0. The van der Waals surface area contributed by atoms with Gasteiger partial charge >= 0.3 is 0 Å². The zero-order valence-electron chi connectivity index (χ0n) is 20.9. The lowest BCUT2D eigenvalue weighted by Gasteiger charge is -2.37. The summed E-state index contributed by atoms with van der Waals surface area (Å²) in [6.45, 7) is 9.82. The Kier molecular flexibility index (Phi) is 6.93. The molecule has 0 N–H and O–H groups in total. The van der Waals surface area contributed by atoms with Crippen molar-refractivity contribution in [3.63, 3.8) is 0 Å². The Balaban J connectivity index is 1.85. The lowest BCUT2D eigenvalue weighted by atomic mass is 10.1. The highest BCUT2D eigenvalue weighted by molar-refractivity contribution is 9.10. The molecule has 0 saturated heterocycles. The molecule has 5 aromatic rings. The van der Waals surface area contributed by atoms with E-state index in [0.29, 0.717) is 0 Å². The molecule has 5 rings (SSSR count). The highest BCUT2D eigenvalue weighted by Crippen LogP contribution is 2.62. The predicted octanol–water partition coefficient (Wildman–Crippen LogP) is 10.3. The molecule has 0 aliphatic carbocycles. The van der Waals surface area contributed by atoms with Crippen LogP contribution in [-0.4, -0.2) is 9.72 Å². The van der Waals surface area contributed by atoms with Crippen LogP contribution in [0.25, 0.3) is 21.8 Å². The molecule has 184 valence electrons. The minimum absolute atomic E-state index is 0.272. The number of nitrogens with zero attached hydrogens (tertiary/aromatic N) is 2. The summed E-state index contributed by atoms with van der Waals surface area (Å²) in [6, 6.07) is 31.6. The largest absolute Gasteiger partial charge is 0.455 e. The Bertz CT molecular complexity index is 1610. The van der Waals surface area contributed by atoms with Crippen molar-refractivity contribution in [3.05, 3.63) is 99.9 Å². The van der Waals surface area contributed by atoms with Crippen molar-refractivity contribution in [2.75, 3.05) is 0 Å². The second-order valence-electron chi connectivity index (χ2n) is 9.81. The van der Waals surface area contributed by atoms with Gasteiger partial charge < -0.3 is 9.09 Å². The molecule has 0 amide bonds. The normalized spacial score (nSPS) is 13.6. The average Bonchev–Trinajstić information content (AvgIpc) is 3.18. The van der Waals surface area contributed by atoms with Crippen molar-refractivity contribution in [2.24, 2.45) is 4.74 Å². The molecule has 0 fully saturated rings. The number of para-hydroxylation sites is 1. The Morgan fingerprint density at radius 1 is 0.806 bits per heavy atom. The van der Waals surface area contributed by atoms with E-state index >= 15 is 0 Å². The van der Waals surface area contributed by atoms with Gasteiger partial charge in [0.1, 0.15) is 5.75 Å². The summed E-state index contributed by atoms with van der Waals surface area (Å²) in [5.41, 5.74) is 3.39. The SMILES string of the molecule is CCn1c2ccccc2c2cc([P@](=Nc3ccccc3Br)(Oc3ccc(Br)cc3)C(C)(C)C)ccc21. The molecular weight excluding hydrogens is 595 g/mol. The van der Waals surface area contributed by atoms with Crippen molar-refractivity contribution in [2.45, 2.75) is 39.4 Å². The molecule has 1 atom stereocenters. The van der Waals surface area contributed by atoms with Gasteiger partial charge in [0.2, 0.25) is 0 Å². The molecule has 1 aromatic heterocycles. The molecule has 4 aromatic carbocycles. The Labute approximate surface area is 229 Å². The lowest BCUT2D eigenvalue weighted by molar-refractivity contribution is 0.571. The highest BCUT2D eigenvalue weighted by Gasteiger charge is 2.39. The minimum atomic E-state index is -2.63. The summed E-state index contributed by atoms with van der Waals surface area (Å²) >= 11 is 7.28. The third-order valence-electron chi connectivity index (χ3n) is 6.48. The molecule has 0 radical (unpaired) electrons. The van der Waals surface area contributed by atoms with Crippen LogP contribution in [0.4, 0.5) is 5.69 Å². The zero-order chi connectivity index (χ0) is 25.5. The molecule has 0 bridgehead atoms. The maximum atomic E-state index is 7.06. The van der Waals surface area contributed by atoms with Gasteiger partial charge in [-0.2, -0.15) is 0 Å². The summed E-state index contributed by atoms with van der Waals surface area (Å²) in [4.78, 5) is 0. The fourth-order valence-corrected chi connectivity index (χ4v) is 8.58. The second-order valence-corrected chi connectivity index (χ2v) is 15.0. The van der Waals surface area contributed by atoms with E-state index in [1.807, 2.05) is 42.5 Å². The minimum Gasteiger partial charge on any atom is -0.455 e. The predicted molar refractivity (Wildman–Crippen MR) is 162 cm³/mol. The topological polar surface area (TPSA) is 26.5 Å². The van der Waals surface area contributed by atoms with Crippen LogP contribution in [0.15, 0.2) is 105 Å². The Morgan fingerprint density at radius 3 is 2.17 bits per heavy atom. The van der Waals surface area contributed by atoms with Gasteiger partial charge in [0, 0.05) is 47.8 Å². The number of aryl methyl sites for hydroxylation is 1. The molecule has 36 heavy (non-hydrogen) atoms. The van der Waals surface area contributed by atoms with Crippen LogP contribution >= 0.6 is 39.1 Å². The van der Waals surface area contributed by atoms with Crippen molar-refractivity contribution >= 4 is 71.9 Å². The van der Waals surface area contributed by atoms with E-state index in [0.717, 1.165) is 32.2 Å². The molecule has 3 nitrogen and oxygen atoms in total. The van der Waals surface area contributed by atoms with Gasteiger partial charge in [0.05, 0.1) is 5.69 Å². The molecule has 0 spiro atoms. The van der Waals surface area contributed by atoms with Crippen LogP contribution in [0.3, 0.4) is 0 Å². The molecular formula is C30H29Br2N2OP. The molecule has 0 aliphatic heterocycles. The van der Waals surface area contributed by atoms with E-state index in [2.05, 4.69) is 113 Å². The Morgan fingerprint density at radius 2 is 1.47 bits per heavy atom. The van der Waals surface area contributed by atoms with Crippen LogP contribution in [-0.2, 0) is 6.54 Å². The summed E-state index contributed by atoms with van der Waals surface area (Å²) in [5, 5.41) is 3.35. The van der Waals surface area contributed by atoms with Crippen molar-refractivity contribution in [1.29, 1.82) is 0 Å². The molecule has 6 heteroatoms. The molecule has 1 heterocycles. The van der Waals surface area contributed by atoms with Crippen molar-refractivity contribution in [1.82, 2.24) is 4.57 Å². The summed E-state index contributed by atoms with van der Waals surface area (Å²) in [6.07, 6.45) is 0. The van der Waals surface area contributed by atoms with Gasteiger partial charge in [-0.1, -0.05) is 67.0 Å². The zero-order valence-corrected chi connectivity index (χ0v) is 24.9. The van der Waals surface area contributed by atoms with Crippen LogP contribution in [0, 0.1) is 0 Å². The fourth-order valence-electron chi connectivity index (χ4n) is 4.71. The number of hydrogen-bond acceptors (Lipinski definition) is 2. The van der Waals surface area contributed by atoms with Gasteiger partial charge in [0.15, 0.2) is 7.28 Å². The van der Waals surface area contributed by atoms with Gasteiger partial charge in [-0.3, -0.25) is 0 Å². The number of aromatic nitrogens is 1. The van der Waals surface area contributed by atoms with Crippen molar-refractivity contribution < 1.29 is 4.52 Å². The first-order valence-electron chi connectivity index (χ1n) is 12.1. The molecule has 0 aliphatic rings. The van der Waals surface area contributed by atoms with Crippen LogP contribution in [0.1, 0.15) is 27.7 Å². The van der Waals surface area contributed by atoms with Gasteiger partial charge in [-0.25, -0.2) is 4.74 Å². The third-order valence-corrected chi connectivity index (χ3v) is 11.5. The smallest absolute Gasteiger partial charge is 0.173 e. The standard InChI is InChI=1S/C30H29Br2N2OP/c1-5-34-28-13-9-6-10-24(28)25-20-23(18-19-29(25)34)36(30(2,3)4,33-27-12-8-7-11-26(27)32)35-22-16-14-21(31)15-17-22/h6-20H,5H2,1-4H3/t36-/m0/s1. The lowest BCUT2D eigenvalue weighted by Crippen LogP contribution is -2.27. The fraction of sp³-hybridized carbons (Fsp3) is 0.200. The first-order valence-corrected chi connectivity index (χ1v) is 15.3. The number of rotatable bonds is 5. The number of benzene rings is 4. The van der Waals surface area contributed by atoms with E-state index in [4.69, 9.17) is 9.27 Å². The first kappa shape index (κ1) is 25.3. The van der Waals surface area contributed by atoms with E-state index in [-0.39, 0.29) is 5.16 Å². The van der Waals surface area contributed by atoms with E-state index < -0.39 is 7.28 Å². The molecule has 0 unspecified atom stereocenters. The van der Waals surface area contributed by atoms with Gasteiger partial charge in [0.25, 0.3) is 0 Å². The molecule has 0 saturated carbocycles. The van der Waals surface area contributed by atoms with E-state index in [9.17, 15) is 0 Å². The summed E-state index contributed by atoms with van der Waals surface area (Å²) in [7, 11) is -2.63. The summed E-state index contributed by atoms with van der Waals surface area (Å²) in [5.74, 6) is 0.813. The maximum Gasteiger partial charge on any atom is 0.173 e. The van der Waals surface area contributed by atoms with Gasteiger partial charge in [-0.05, 0) is 83.5 Å². The Hall–Kier alpha value is -2.33. The quantitative estimate of drug-likeness (QED) is 0.179. The first-order chi connectivity index (χ1) is 17.2. The highest BCUT2D eigenvalue weighted by atomic mass is 79.9. The number of fused-ring (bicyclic) bond motifs is 3. The van der Waals surface area contributed by atoms with Crippen molar-refractivity contribution in [3.8, 4) is 5.75 Å². The average molecular weight is 624 g/mol. The van der Waals surface area contributed by atoms with E-state index in [1.165, 1.54) is 21.8 Å². The monoisotopic (exact) mass is 622 g/mol. The summed E-state index contributed by atoms with van der Waals surface area (Å²) < 4.78 is 16.9. The van der Waals surface area contributed by atoms with Gasteiger partial charge in [-0.15, -0.1) is 0 Å². The maximum absolute atomic E-state index is 7.06. The van der Waals surface area contributed by atoms with Crippen LogP contribution < -0.4 is 9.83 Å².